The number of aryl methyl sites for hydroxylation is 2. The van der Waals surface area contributed by atoms with Crippen molar-refractivity contribution in [2.45, 2.75) is 71.3 Å². The lowest BCUT2D eigenvalue weighted by atomic mass is 9.55. The van der Waals surface area contributed by atoms with Gasteiger partial charge in [-0.2, -0.15) is 15.3 Å². The third-order valence-electron chi connectivity index (χ3n) is 8.00. The molecule has 0 saturated heterocycles. The molecule has 30 heavy (non-hydrogen) atoms. The van der Waals surface area contributed by atoms with Crippen LogP contribution in [0.5, 0.6) is 5.75 Å². The highest BCUT2D eigenvalue weighted by atomic mass is 16.3. The normalized spacial score (nSPS) is 31.7. The Hall–Kier alpha value is -2.43. The van der Waals surface area contributed by atoms with Gasteiger partial charge in [0.25, 0.3) is 0 Å². The monoisotopic (exact) mass is 404 g/mol. The van der Waals surface area contributed by atoms with Crippen molar-refractivity contribution in [2.24, 2.45) is 27.5 Å². The van der Waals surface area contributed by atoms with E-state index in [2.05, 4.69) is 30.1 Å². The number of phenols is 1. The summed E-state index contributed by atoms with van der Waals surface area (Å²) in [6, 6.07) is 8.03. The first-order valence-corrected chi connectivity index (χ1v) is 11.5. The third kappa shape index (κ3) is 3.19. The lowest BCUT2D eigenvalue weighted by molar-refractivity contribution is 0.0955. The molecule has 2 fully saturated rings. The van der Waals surface area contributed by atoms with E-state index in [1.165, 1.54) is 42.5 Å². The van der Waals surface area contributed by atoms with Crippen molar-refractivity contribution in [3.8, 4) is 5.75 Å². The van der Waals surface area contributed by atoms with Crippen molar-refractivity contribution in [1.29, 1.82) is 0 Å². The maximum Gasteiger partial charge on any atom is 0.115 e. The fourth-order valence-corrected chi connectivity index (χ4v) is 6.53. The lowest BCUT2D eigenvalue weighted by Gasteiger charge is -2.49. The Morgan fingerprint density at radius 1 is 1.23 bits per heavy atom. The van der Waals surface area contributed by atoms with E-state index in [0.29, 0.717) is 17.6 Å². The van der Waals surface area contributed by atoms with Crippen LogP contribution in [0.15, 0.2) is 40.7 Å². The largest absolute Gasteiger partial charge is 0.508 e. The first-order valence-electron chi connectivity index (χ1n) is 11.5. The minimum absolute atomic E-state index is 0.177. The molecule has 0 bridgehead atoms. The molecule has 2 aromatic rings. The van der Waals surface area contributed by atoms with Gasteiger partial charge in [-0.3, -0.25) is 4.68 Å². The second kappa shape index (κ2) is 7.68. The van der Waals surface area contributed by atoms with Crippen molar-refractivity contribution in [1.82, 2.24) is 9.78 Å². The highest BCUT2D eigenvalue weighted by molar-refractivity contribution is 5.93. The van der Waals surface area contributed by atoms with Gasteiger partial charge in [0.15, 0.2) is 0 Å². The Labute approximate surface area is 178 Å². The molecule has 4 atom stereocenters. The maximum atomic E-state index is 9.87. The molecule has 158 valence electrons. The molecular formula is C25H32N4O. The summed E-state index contributed by atoms with van der Waals surface area (Å²) in [4.78, 5) is 0. The highest BCUT2D eigenvalue weighted by Gasteiger charge is 2.53. The minimum Gasteiger partial charge on any atom is -0.508 e. The van der Waals surface area contributed by atoms with Gasteiger partial charge in [0.1, 0.15) is 5.75 Å². The minimum atomic E-state index is 0.177. The number of fused-ring (bicyclic) bond motifs is 5. The van der Waals surface area contributed by atoms with E-state index < -0.39 is 0 Å². The zero-order valence-corrected chi connectivity index (χ0v) is 18.1. The van der Waals surface area contributed by atoms with Crippen molar-refractivity contribution in [3.63, 3.8) is 0 Å². The number of phenolic OH excluding ortho intramolecular Hbond substituents is 1. The van der Waals surface area contributed by atoms with Crippen molar-refractivity contribution in [2.75, 3.05) is 0 Å². The predicted octanol–water partition coefficient (Wildman–Crippen LogP) is 5.33. The average molecular weight is 405 g/mol. The van der Waals surface area contributed by atoms with Crippen LogP contribution in [0, 0.1) is 17.3 Å². The SMILES string of the molecule is CCCn1nccc1/C=N\N=C1\CC[C@@H]2[C@@H]3CCc4cc(O)ccc4[C@H]3CC[C@@]12C. The first-order chi connectivity index (χ1) is 14.6. The van der Waals surface area contributed by atoms with Gasteiger partial charge in [-0.25, -0.2) is 0 Å². The molecule has 0 spiro atoms. The zero-order chi connectivity index (χ0) is 20.7. The van der Waals surface area contributed by atoms with E-state index >= 15 is 0 Å². The number of aromatic hydroxyl groups is 1. The summed E-state index contributed by atoms with van der Waals surface area (Å²) in [7, 11) is 0. The molecule has 5 rings (SSSR count). The summed E-state index contributed by atoms with van der Waals surface area (Å²) in [5, 5.41) is 23.5. The molecule has 1 aromatic carbocycles. The number of nitrogens with zero attached hydrogens (tertiary/aromatic N) is 4. The Kier molecular flexibility index (Phi) is 5.00. The number of aromatic nitrogens is 2. The Balaban J connectivity index is 1.36. The smallest absolute Gasteiger partial charge is 0.115 e. The summed E-state index contributed by atoms with van der Waals surface area (Å²) >= 11 is 0. The molecule has 1 N–H and O–H groups in total. The summed E-state index contributed by atoms with van der Waals surface area (Å²) in [5.74, 6) is 2.46. The fraction of sp³-hybridized carbons (Fsp3) is 0.560. The van der Waals surface area contributed by atoms with Gasteiger partial charge in [0.05, 0.1) is 11.9 Å². The second-order valence-electron chi connectivity index (χ2n) is 9.56. The quantitative estimate of drug-likeness (QED) is 0.553. The molecule has 2 saturated carbocycles. The zero-order valence-electron chi connectivity index (χ0n) is 18.1. The van der Waals surface area contributed by atoms with Crippen LogP contribution in [0.4, 0.5) is 0 Å². The number of hydrogen-bond acceptors (Lipinski definition) is 4. The van der Waals surface area contributed by atoms with E-state index in [-0.39, 0.29) is 5.41 Å². The van der Waals surface area contributed by atoms with E-state index in [4.69, 9.17) is 5.10 Å². The molecule has 0 radical (unpaired) electrons. The van der Waals surface area contributed by atoms with Crippen LogP contribution in [-0.2, 0) is 13.0 Å². The van der Waals surface area contributed by atoms with Gasteiger partial charge in [-0.15, -0.1) is 0 Å². The molecule has 3 aliphatic carbocycles. The molecule has 1 aromatic heterocycles. The van der Waals surface area contributed by atoms with Gasteiger partial charge in [0, 0.05) is 23.9 Å². The summed E-state index contributed by atoms with van der Waals surface area (Å²) < 4.78 is 1.99. The van der Waals surface area contributed by atoms with Crippen LogP contribution >= 0.6 is 0 Å². The van der Waals surface area contributed by atoms with Crippen molar-refractivity contribution >= 4 is 11.9 Å². The van der Waals surface area contributed by atoms with Gasteiger partial charge in [-0.05, 0) is 92.0 Å². The van der Waals surface area contributed by atoms with Crippen molar-refractivity contribution in [3.05, 3.63) is 47.3 Å². The topological polar surface area (TPSA) is 62.8 Å². The van der Waals surface area contributed by atoms with Gasteiger partial charge >= 0.3 is 0 Å². The highest BCUT2D eigenvalue weighted by Crippen LogP contribution is 2.60. The Bertz CT molecular complexity index is 991. The lowest BCUT2D eigenvalue weighted by Crippen LogP contribution is -2.42. The standard InChI is InChI=1S/C25H32N4O/c1-3-14-29-18(11-13-27-29)16-26-28-24-9-8-23-22-6-4-17-15-19(30)5-7-20(17)21(22)10-12-25(23,24)2/h5,7,11,13,15-16,21-23,30H,3-4,6,8-10,12,14H2,1-2H3/b26-16-,28-24-/t21-,22-,23-,25-/m1/s1. The molecule has 0 aliphatic heterocycles. The van der Waals surface area contributed by atoms with Crippen LogP contribution in [0.2, 0.25) is 0 Å². The Morgan fingerprint density at radius 3 is 3.00 bits per heavy atom. The summed E-state index contributed by atoms with van der Waals surface area (Å²) in [6.45, 7) is 5.50. The summed E-state index contributed by atoms with van der Waals surface area (Å²) in [5.41, 5.74) is 5.34. The van der Waals surface area contributed by atoms with E-state index in [0.717, 1.165) is 37.4 Å². The molecular weight excluding hydrogens is 372 g/mol. The first kappa shape index (κ1) is 19.5. The predicted molar refractivity (Wildman–Crippen MR) is 120 cm³/mol. The maximum absolute atomic E-state index is 9.87. The molecule has 5 nitrogen and oxygen atoms in total. The Morgan fingerprint density at radius 2 is 2.13 bits per heavy atom. The second-order valence-corrected chi connectivity index (χ2v) is 9.56. The average Bonchev–Trinajstić information content (AvgIpc) is 3.32. The number of hydrogen-bond donors (Lipinski definition) is 1. The van der Waals surface area contributed by atoms with Crippen molar-refractivity contribution < 1.29 is 5.11 Å². The summed E-state index contributed by atoms with van der Waals surface area (Å²) in [6.07, 6.45) is 11.8. The van der Waals surface area contributed by atoms with E-state index in [1.807, 2.05) is 35.3 Å². The molecule has 5 heteroatoms. The van der Waals surface area contributed by atoms with Crippen LogP contribution in [-0.4, -0.2) is 26.8 Å². The van der Waals surface area contributed by atoms with E-state index in [9.17, 15) is 5.11 Å². The fourth-order valence-electron chi connectivity index (χ4n) is 6.53. The number of rotatable bonds is 4. The van der Waals surface area contributed by atoms with Crippen LogP contribution < -0.4 is 0 Å². The van der Waals surface area contributed by atoms with Gasteiger partial charge in [0.2, 0.25) is 0 Å². The van der Waals surface area contributed by atoms with Crippen LogP contribution in [0.1, 0.15) is 75.1 Å². The van der Waals surface area contributed by atoms with Gasteiger partial charge < -0.3 is 5.11 Å². The molecule has 1 heterocycles. The molecule has 0 unspecified atom stereocenters. The third-order valence-corrected chi connectivity index (χ3v) is 8.00. The molecule has 3 aliphatic rings. The molecule has 0 amide bonds. The van der Waals surface area contributed by atoms with Crippen LogP contribution in [0.25, 0.3) is 0 Å². The number of benzene rings is 1. The van der Waals surface area contributed by atoms with Crippen LogP contribution in [0.3, 0.4) is 0 Å². The van der Waals surface area contributed by atoms with E-state index in [1.54, 1.807) is 0 Å². The van der Waals surface area contributed by atoms with Gasteiger partial charge in [-0.1, -0.05) is 19.9 Å².